The molecule has 3 rings (SSSR count). The molecule has 1 aliphatic rings. The molecular weight excluding hydrogens is 347 g/mol. The van der Waals surface area contributed by atoms with Gasteiger partial charge in [0.1, 0.15) is 5.82 Å². The zero-order valence-corrected chi connectivity index (χ0v) is 13.5. The third-order valence-electron chi connectivity index (χ3n) is 3.62. The SMILES string of the molecule is CC(=O)N1N=C(c2cccc(F)c2)C[C@H]1c1cccc(Br)c1. The highest BCUT2D eigenvalue weighted by atomic mass is 79.9. The van der Waals surface area contributed by atoms with Gasteiger partial charge in [0, 0.05) is 23.4 Å². The summed E-state index contributed by atoms with van der Waals surface area (Å²) < 4.78 is 14.4. The molecule has 0 fully saturated rings. The van der Waals surface area contributed by atoms with E-state index in [9.17, 15) is 9.18 Å². The molecule has 0 N–H and O–H groups in total. The first kappa shape index (κ1) is 14.9. The molecule has 1 heterocycles. The van der Waals surface area contributed by atoms with Gasteiger partial charge in [-0.15, -0.1) is 0 Å². The molecule has 0 aromatic heterocycles. The summed E-state index contributed by atoms with van der Waals surface area (Å²) in [6.45, 7) is 1.49. The summed E-state index contributed by atoms with van der Waals surface area (Å²) in [5, 5.41) is 5.88. The minimum Gasteiger partial charge on any atom is -0.273 e. The molecule has 0 saturated carbocycles. The highest BCUT2D eigenvalue weighted by Gasteiger charge is 2.31. The van der Waals surface area contributed by atoms with Crippen molar-refractivity contribution in [3.8, 4) is 0 Å². The zero-order chi connectivity index (χ0) is 15.7. The van der Waals surface area contributed by atoms with E-state index in [0.29, 0.717) is 12.0 Å². The largest absolute Gasteiger partial charge is 0.273 e. The number of benzene rings is 2. The molecule has 0 saturated heterocycles. The van der Waals surface area contributed by atoms with Crippen LogP contribution in [0.4, 0.5) is 4.39 Å². The summed E-state index contributed by atoms with van der Waals surface area (Å²) in [6, 6.07) is 14.0. The average Bonchev–Trinajstić information content (AvgIpc) is 2.92. The van der Waals surface area contributed by atoms with Crippen LogP contribution < -0.4 is 0 Å². The Morgan fingerprint density at radius 3 is 2.73 bits per heavy atom. The maximum atomic E-state index is 13.4. The van der Waals surface area contributed by atoms with E-state index < -0.39 is 0 Å². The van der Waals surface area contributed by atoms with Crippen LogP contribution >= 0.6 is 15.9 Å². The van der Waals surface area contributed by atoms with Crippen molar-refractivity contribution in [2.45, 2.75) is 19.4 Å². The number of hydrazone groups is 1. The smallest absolute Gasteiger partial charge is 0.240 e. The number of rotatable bonds is 2. The summed E-state index contributed by atoms with van der Waals surface area (Å²) in [5.74, 6) is -0.433. The van der Waals surface area contributed by atoms with E-state index in [4.69, 9.17) is 0 Å². The van der Waals surface area contributed by atoms with Crippen molar-refractivity contribution in [3.05, 3.63) is 69.9 Å². The van der Waals surface area contributed by atoms with E-state index in [-0.39, 0.29) is 17.8 Å². The summed E-state index contributed by atoms with van der Waals surface area (Å²) >= 11 is 3.45. The molecule has 2 aromatic rings. The fourth-order valence-corrected chi connectivity index (χ4v) is 3.03. The molecule has 0 unspecified atom stereocenters. The third kappa shape index (κ3) is 2.95. The van der Waals surface area contributed by atoms with E-state index in [2.05, 4.69) is 21.0 Å². The fourth-order valence-electron chi connectivity index (χ4n) is 2.62. The number of hydrogen-bond donors (Lipinski definition) is 0. The summed E-state index contributed by atoms with van der Waals surface area (Å²) in [7, 11) is 0. The number of carbonyl (C=O) groups is 1. The predicted octanol–water partition coefficient (Wildman–Crippen LogP) is 4.29. The van der Waals surface area contributed by atoms with Crippen LogP contribution in [-0.4, -0.2) is 16.6 Å². The Labute approximate surface area is 136 Å². The zero-order valence-electron chi connectivity index (χ0n) is 12.0. The van der Waals surface area contributed by atoms with Crippen LogP contribution in [0.3, 0.4) is 0 Å². The van der Waals surface area contributed by atoms with Crippen molar-refractivity contribution in [3.63, 3.8) is 0 Å². The Balaban J connectivity index is 1.96. The van der Waals surface area contributed by atoms with Crippen molar-refractivity contribution in [2.75, 3.05) is 0 Å². The monoisotopic (exact) mass is 360 g/mol. The molecule has 5 heteroatoms. The number of amides is 1. The van der Waals surface area contributed by atoms with Gasteiger partial charge in [0.25, 0.3) is 0 Å². The van der Waals surface area contributed by atoms with Gasteiger partial charge < -0.3 is 0 Å². The fraction of sp³-hybridized carbons (Fsp3) is 0.176. The van der Waals surface area contributed by atoms with Crippen LogP contribution in [0.5, 0.6) is 0 Å². The van der Waals surface area contributed by atoms with Gasteiger partial charge in [0.15, 0.2) is 0 Å². The normalized spacial score (nSPS) is 17.5. The van der Waals surface area contributed by atoms with E-state index in [1.807, 2.05) is 30.3 Å². The first-order valence-electron chi connectivity index (χ1n) is 6.93. The van der Waals surface area contributed by atoms with Crippen LogP contribution in [0, 0.1) is 5.82 Å². The number of halogens is 2. The average molecular weight is 361 g/mol. The highest BCUT2D eigenvalue weighted by molar-refractivity contribution is 9.10. The number of hydrogen-bond acceptors (Lipinski definition) is 2. The van der Waals surface area contributed by atoms with Crippen LogP contribution in [0.2, 0.25) is 0 Å². The molecule has 22 heavy (non-hydrogen) atoms. The van der Waals surface area contributed by atoms with Crippen LogP contribution in [0.1, 0.15) is 30.5 Å². The maximum Gasteiger partial charge on any atom is 0.240 e. The molecule has 0 bridgehead atoms. The number of nitrogens with zero attached hydrogens (tertiary/aromatic N) is 2. The molecule has 3 nitrogen and oxygen atoms in total. The Kier molecular flexibility index (Phi) is 4.07. The van der Waals surface area contributed by atoms with Crippen molar-refractivity contribution in [1.82, 2.24) is 5.01 Å². The standard InChI is InChI=1S/C17H14BrFN2O/c1-11(22)21-17(13-5-2-6-14(18)8-13)10-16(20-21)12-4-3-7-15(19)9-12/h2-9,17H,10H2,1H3/t17-/m0/s1. The molecule has 1 amide bonds. The molecule has 0 aliphatic carbocycles. The second-order valence-electron chi connectivity index (χ2n) is 5.20. The van der Waals surface area contributed by atoms with Gasteiger partial charge in [-0.2, -0.15) is 5.10 Å². The van der Waals surface area contributed by atoms with Gasteiger partial charge in [0.2, 0.25) is 5.91 Å². The molecule has 112 valence electrons. The predicted molar refractivity (Wildman–Crippen MR) is 87.0 cm³/mol. The van der Waals surface area contributed by atoms with Crippen LogP contribution in [0.25, 0.3) is 0 Å². The van der Waals surface area contributed by atoms with Gasteiger partial charge >= 0.3 is 0 Å². The van der Waals surface area contributed by atoms with Crippen molar-refractivity contribution >= 4 is 27.5 Å². The number of carbonyl (C=O) groups excluding carboxylic acids is 1. The molecular formula is C17H14BrFN2O. The molecule has 0 radical (unpaired) electrons. The van der Waals surface area contributed by atoms with Gasteiger partial charge in [-0.1, -0.05) is 40.2 Å². The van der Waals surface area contributed by atoms with Crippen molar-refractivity contribution < 1.29 is 9.18 Å². The summed E-state index contributed by atoms with van der Waals surface area (Å²) in [4.78, 5) is 11.9. The topological polar surface area (TPSA) is 32.7 Å². The summed E-state index contributed by atoms with van der Waals surface area (Å²) in [6.07, 6.45) is 0.569. The van der Waals surface area contributed by atoms with Gasteiger partial charge in [0.05, 0.1) is 11.8 Å². The Bertz CT molecular complexity index is 760. The highest BCUT2D eigenvalue weighted by Crippen LogP contribution is 2.33. The first-order valence-corrected chi connectivity index (χ1v) is 7.72. The summed E-state index contributed by atoms with van der Waals surface area (Å²) in [5.41, 5.74) is 2.43. The van der Waals surface area contributed by atoms with Crippen molar-refractivity contribution in [1.29, 1.82) is 0 Å². The molecule has 1 atom stereocenters. The lowest BCUT2D eigenvalue weighted by Crippen LogP contribution is -2.24. The lowest BCUT2D eigenvalue weighted by molar-refractivity contribution is -0.130. The lowest BCUT2D eigenvalue weighted by Gasteiger charge is -2.20. The van der Waals surface area contributed by atoms with Gasteiger partial charge in [-0.3, -0.25) is 4.79 Å². The Morgan fingerprint density at radius 2 is 2.05 bits per heavy atom. The minimum atomic E-state index is -0.305. The maximum absolute atomic E-state index is 13.4. The van der Waals surface area contributed by atoms with Crippen LogP contribution in [-0.2, 0) is 4.79 Å². The van der Waals surface area contributed by atoms with Gasteiger partial charge in [-0.05, 0) is 29.8 Å². The van der Waals surface area contributed by atoms with Crippen LogP contribution in [0.15, 0.2) is 58.1 Å². The quantitative estimate of drug-likeness (QED) is 0.786. The third-order valence-corrected chi connectivity index (χ3v) is 4.12. The van der Waals surface area contributed by atoms with E-state index in [1.165, 1.54) is 24.1 Å². The Morgan fingerprint density at radius 1 is 1.27 bits per heavy atom. The minimum absolute atomic E-state index is 0.128. The lowest BCUT2D eigenvalue weighted by atomic mass is 9.98. The Hall–Kier alpha value is -2.01. The first-order chi connectivity index (χ1) is 10.5. The van der Waals surface area contributed by atoms with Crippen molar-refractivity contribution in [2.24, 2.45) is 5.10 Å². The van der Waals surface area contributed by atoms with Gasteiger partial charge in [-0.25, -0.2) is 9.40 Å². The van der Waals surface area contributed by atoms with E-state index >= 15 is 0 Å². The second-order valence-corrected chi connectivity index (χ2v) is 6.11. The molecule has 2 aromatic carbocycles. The second kappa shape index (κ2) is 6.01. The van der Waals surface area contributed by atoms with E-state index in [1.54, 1.807) is 6.07 Å². The molecule has 0 spiro atoms. The van der Waals surface area contributed by atoms with E-state index in [0.717, 1.165) is 15.7 Å². The molecule has 1 aliphatic heterocycles.